The molecule has 1 N–H and O–H groups in total. The van der Waals surface area contributed by atoms with Crippen molar-refractivity contribution in [2.24, 2.45) is 5.92 Å². The summed E-state index contributed by atoms with van der Waals surface area (Å²) in [6.45, 7) is 6.26. The Morgan fingerprint density at radius 2 is 2.19 bits per heavy atom. The quantitative estimate of drug-likeness (QED) is 0.849. The van der Waals surface area contributed by atoms with Crippen molar-refractivity contribution in [1.82, 2.24) is 0 Å². The third kappa shape index (κ3) is 1.90. The van der Waals surface area contributed by atoms with Gasteiger partial charge in [-0.25, -0.2) is 4.79 Å². The van der Waals surface area contributed by atoms with Crippen molar-refractivity contribution >= 4 is 11.7 Å². The Bertz CT molecular complexity index is 408. The molecule has 1 saturated heterocycles. The first kappa shape index (κ1) is 11.0. The van der Waals surface area contributed by atoms with E-state index in [-0.39, 0.29) is 0 Å². The van der Waals surface area contributed by atoms with E-state index >= 15 is 0 Å². The molecule has 0 aromatic heterocycles. The van der Waals surface area contributed by atoms with E-state index in [1.165, 1.54) is 6.42 Å². The molecule has 3 nitrogen and oxygen atoms in total. The first-order valence-electron chi connectivity index (χ1n) is 5.70. The molecule has 0 radical (unpaired) electrons. The number of rotatable bonds is 3. The molecule has 1 aliphatic rings. The summed E-state index contributed by atoms with van der Waals surface area (Å²) in [7, 11) is 0. The van der Waals surface area contributed by atoms with Crippen LogP contribution in [-0.4, -0.2) is 24.2 Å². The number of anilines is 1. The Balaban J connectivity index is 2.13. The van der Waals surface area contributed by atoms with Gasteiger partial charge in [0.1, 0.15) is 0 Å². The maximum Gasteiger partial charge on any atom is 0.335 e. The van der Waals surface area contributed by atoms with Gasteiger partial charge in [-0.3, -0.25) is 0 Å². The van der Waals surface area contributed by atoms with Crippen LogP contribution in [0.25, 0.3) is 0 Å². The van der Waals surface area contributed by atoms with Crippen LogP contribution in [0.5, 0.6) is 0 Å². The molecule has 0 aliphatic carbocycles. The van der Waals surface area contributed by atoms with E-state index in [1.54, 1.807) is 6.07 Å². The van der Waals surface area contributed by atoms with Gasteiger partial charge in [0.15, 0.2) is 0 Å². The minimum Gasteiger partial charge on any atom is -0.478 e. The van der Waals surface area contributed by atoms with Crippen molar-refractivity contribution in [2.45, 2.75) is 20.3 Å². The number of carbonyl (C=O) groups is 1. The fourth-order valence-corrected chi connectivity index (χ4v) is 2.12. The molecule has 1 heterocycles. The molecule has 2 rings (SSSR count). The zero-order valence-corrected chi connectivity index (χ0v) is 9.73. The van der Waals surface area contributed by atoms with E-state index in [9.17, 15) is 4.79 Å². The summed E-state index contributed by atoms with van der Waals surface area (Å²) >= 11 is 0. The highest BCUT2D eigenvalue weighted by Crippen LogP contribution is 2.27. The molecule has 0 atom stereocenters. The number of hydrogen-bond donors (Lipinski definition) is 1. The Morgan fingerprint density at radius 3 is 2.69 bits per heavy atom. The molecule has 0 bridgehead atoms. The van der Waals surface area contributed by atoms with E-state index in [4.69, 9.17) is 5.11 Å². The van der Waals surface area contributed by atoms with E-state index in [1.807, 2.05) is 19.1 Å². The van der Waals surface area contributed by atoms with Crippen LogP contribution in [0.2, 0.25) is 0 Å². The van der Waals surface area contributed by atoms with Crippen molar-refractivity contribution < 1.29 is 9.90 Å². The second kappa shape index (κ2) is 4.16. The summed E-state index contributed by atoms with van der Waals surface area (Å²) in [6.07, 6.45) is 1.22. The summed E-state index contributed by atoms with van der Waals surface area (Å²) in [6, 6.07) is 5.57. The number of aromatic carboxylic acids is 1. The van der Waals surface area contributed by atoms with Crippen molar-refractivity contribution in [2.75, 3.05) is 18.0 Å². The lowest BCUT2D eigenvalue weighted by atomic mass is 9.96. The molecule has 1 aromatic carbocycles. The molecule has 0 spiro atoms. The Hall–Kier alpha value is -1.51. The summed E-state index contributed by atoms with van der Waals surface area (Å²) in [4.78, 5) is 13.2. The second-order valence-electron chi connectivity index (χ2n) is 4.48. The van der Waals surface area contributed by atoms with E-state index in [0.717, 1.165) is 30.3 Å². The number of benzene rings is 1. The first-order chi connectivity index (χ1) is 7.61. The van der Waals surface area contributed by atoms with E-state index in [2.05, 4.69) is 11.8 Å². The van der Waals surface area contributed by atoms with Crippen LogP contribution >= 0.6 is 0 Å². The highest BCUT2D eigenvalue weighted by Gasteiger charge is 2.25. The Kier molecular flexibility index (Phi) is 2.86. The molecule has 1 aliphatic heterocycles. The third-order valence-electron chi connectivity index (χ3n) is 3.34. The van der Waals surface area contributed by atoms with Gasteiger partial charge in [0.05, 0.1) is 5.56 Å². The fourth-order valence-electron chi connectivity index (χ4n) is 2.12. The molecule has 3 heteroatoms. The SMILES string of the molecule is CCC1CN(c2ccc(C(=O)O)c(C)c2)C1. The minimum atomic E-state index is -0.848. The molecule has 0 unspecified atom stereocenters. The van der Waals surface area contributed by atoms with Gasteiger partial charge in [0.25, 0.3) is 0 Å². The smallest absolute Gasteiger partial charge is 0.335 e. The van der Waals surface area contributed by atoms with Crippen molar-refractivity contribution in [3.63, 3.8) is 0 Å². The largest absolute Gasteiger partial charge is 0.478 e. The monoisotopic (exact) mass is 219 g/mol. The molecule has 0 saturated carbocycles. The Labute approximate surface area is 95.7 Å². The van der Waals surface area contributed by atoms with Crippen LogP contribution in [-0.2, 0) is 0 Å². The standard InChI is InChI=1S/C13H17NO2/c1-3-10-7-14(8-10)11-4-5-12(13(15)16)9(2)6-11/h4-6,10H,3,7-8H2,1-2H3,(H,15,16). The van der Waals surface area contributed by atoms with Gasteiger partial charge in [-0.05, 0) is 43.0 Å². The zero-order valence-electron chi connectivity index (χ0n) is 9.73. The number of nitrogens with zero attached hydrogens (tertiary/aromatic N) is 1. The molecule has 86 valence electrons. The van der Waals surface area contributed by atoms with Gasteiger partial charge in [-0.15, -0.1) is 0 Å². The number of aryl methyl sites for hydroxylation is 1. The fraction of sp³-hybridized carbons (Fsp3) is 0.462. The molecule has 0 amide bonds. The summed E-state index contributed by atoms with van der Waals surface area (Å²) in [5, 5.41) is 8.93. The zero-order chi connectivity index (χ0) is 11.7. The molecule has 1 fully saturated rings. The summed E-state index contributed by atoms with van der Waals surface area (Å²) < 4.78 is 0. The number of carboxylic acid groups (broad SMARTS) is 1. The summed E-state index contributed by atoms with van der Waals surface area (Å²) in [5.41, 5.74) is 2.38. The van der Waals surface area contributed by atoms with Crippen LogP contribution in [0.4, 0.5) is 5.69 Å². The first-order valence-corrected chi connectivity index (χ1v) is 5.70. The maximum atomic E-state index is 10.9. The normalized spacial score (nSPS) is 16.0. The van der Waals surface area contributed by atoms with Crippen LogP contribution in [0.1, 0.15) is 29.3 Å². The van der Waals surface area contributed by atoms with Gasteiger partial charge in [0.2, 0.25) is 0 Å². The minimum absolute atomic E-state index is 0.399. The Morgan fingerprint density at radius 1 is 1.50 bits per heavy atom. The van der Waals surface area contributed by atoms with Gasteiger partial charge >= 0.3 is 5.97 Å². The molecular formula is C13H17NO2. The van der Waals surface area contributed by atoms with Crippen molar-refractivity contribution in [1.29, 1.82) is 0 Å². The predicted octanol–water partition coefficient (Wildman–Crippen LogP) is 2.54. The maximum absolute atomic E-state index is 10.9. The third-order valence-corrected chi connectivity index (χ3v) is 3.34. The van der Waals surface area contributed by atoms with Crippen molar-refractivity contribution in [3.8, 4) is 0 Å². The van der Waals surface area contributed by atoms with Gasteiger partial charge in [-0.1, -0.05) is 6.92 Å². The molecule has 1 aromatic rings. The van der Waals surface area contributed by atoms with Crippen LogP contribution in [0.3, 0.4) is 0 Å². The highest BCUT2D eigenvalue weighted by atomic mass is 16.4. The van der Waals surface area contributed by atoms with Gasteiger partial charge in [0, 0.05) is 18.8 Å². The average Bonchev–Trinajstić information content (AvgIpc) is 2.15. The van der Waals surface area contributed by atoms with Crippen molar-refractivity contribution in [3.05, 3.63) is 29.3 Å². The van der Waals surface area contributed by atoms with Crippen LogP contribution < -0.4 is 4.90 Å². The van der Waals surface area contributed by atoms with Gasteiger partial charge < -0.3 is 10.0 Å². The highest BCUT2D eigenvalue weighted by molar-refractivity contribution is 5.89. The number of carboxylic acids is 1. The van der Waals surface area contributed by atoms with Crippen LogP contribution in [0, 0.1) is 12.8 Å². The van der Waals surface area contributed by atoms with E-state index < -0.39 is 5.97 Å². The molecule has 16 heavy (non-hydrogen) atoms. The van der Waals surface area contributed by atoms with Gasteiger partial charge in [-0.2, -0.15) is 0 Å². The molecular weight excluding hydrogens is 202 g/mol. The van der Waals surface area contributed by atoms with E-state index in [0.29, 0.717) is 5.56 Å². The second-order valence-corrected chi connectivity index (χ2v) is 4.48. The average molecular weight is 219 g/mol. The summed E-state index contributed by atoms with van der Waals surface area (Å²) in [5.74, 6) is -0.0430. The van der Waals surface area contributed by atoms with Crippen LogP contribution in [0.15, 0.2) is 18.2 Å². The number of hydrogen-bond acceptors (Lipinski definition) is 2. The lowest BCUT2D eigenvalue weighted by Gasteiger charge is -2.41. The topological polar surface area (TPSA) is 40.5 Å². The lowest BCUT2D eigenvalue weighted by molar-refractivity contribution is 0.0696. The lowest BCUT2D eigenvalue weighted by Crippen LogP contribution is -2.46. The predicted molar refractivity (Wildman–Crippen MR) is 64.1 cm³/mol.